The molecular formula is C13H23ClN4. The van der Waals surface area contributed by atoms with Gasteiger partial charge in [0.1, 0.15) is 16.8 Å². The fourth-order valence-electron chi connectivity index (χ4n) is 1.51. The number of rotatable bonds is 7. The average Bonchev–Trinajstić information content (AvgIpc) is 2.28. The van der Waals surface area contributed by atoms with Gasteiger partial charge in [-0.15, -0.1) is 0 Å². The number of nitrogens with one attached hydrogen (secondary N) is 1. The Morgan fingerprint density at radius 1 is 1.39 bits per heavy atom. The molecular weight excluding hydrogens is 248 g/mol. The molecule has 102 valence electrons. The topological polar surface area (TPSA) is 41.1 Å². The first kappa shape index (κ1) is 15.2. The van der Waals surface area contributed by atoms with Gasteiger partial charge in [-0.2, -0.15) is 0 Å². The maximum absolute atomic E-state index is 5.98. The molecule has 1 aromatic rings. The second-order valence-corrected chi connectivity index (χ2v) is 5.13. The first-order chi connectivity index (χ1) is 8.52. The van der Waals surface area contributed by atoms with Crippen LogP contribution in [-0.2, 0) is 6.42 Å². The van der Waals surface area contributed by atoms with Crippen molar-refractivity contribution >= 4 is 17.4 Å². The van der Waals surface area contributed by atoms with Crippen LogP contribution >= 0.6 is 11.6 Å². The number of aryl methyl sites for hydroxylation is 1. The van der Waals surface area contributed by atoms with Gasteiger partial charge in [0, 0.05) is 31.6 Å². The van der Waals surface area contributed by atoms with E-state index in [0.717, 1.165) is 37.6 Å². The van der Waals surface area contributed by atoms with Gasteiger partial charge < -0.3 is 10.2 Å². The summed E-state index contributed by atoms with van der Waals surface area (Å²) in [6.45, 7) is 8.30. The lowest BCUT2D eigenvalue weighted by Gasteiger charge is -2.21. The van der Waals surface area contributed by atoms with E-state index in [-0.39, 0.29) is 0 Å². The van der Waals surface area contributed by atoms with Gasteiger partial charge in [0.05, 0.1) is 0 Å². The molecule has 0 unspecified atom stereocenters. The highest BCUT2D eigenvalue weighted by Gasteiger charge is 2.04. The quantitative estimate of drug-likeness (QED) is 0.774. The molecule has 0 saturated heterocycles. The first-order valence-corrected chi connectivity index (χ1v) is 6.88. The third-order valence-electron chi connectivity index (χ3n) is 2.87. The Kier molecular flexibility index (Phi) is 6.36. The first-order valence-electron chi connectivity index (χ1n) is 6.50. The number of nitrogens with zero attached hydrogens (tertiary/aromatic N) is 3. The SMILES string of the molecule is CCCc1nc(Cl)cc(NCCN(C)C(C)C)n1. The third kappa shape index (κ3) is 5.19. The molecule has 0 amide bonds. The number of likely N-dealkylation sites (N-methyl/N-ethyl adjacent to an activating group) is 1. The molecule has 0 aliphatic carbocycles. The Balaban J connectivity index is 2.51. The lowest BCUT2D eigenvalue weighted by molar-refractivity contribution is 0.284. The van der Waals surface area contributed by atoms with Crippen molar-refractivity contribution in [1.82, 2.24) is 14.9 Å². The van der Waals surface area contributed by atoms with Crippen molar-refractivity contribution in [2.75, 3.05) is 25.5 Å². The summed E-state index contributed by atoms with van der Waals surface area (Å²) in [6, 6.07) is 2.33. The highest BCUT2D eigenvalue weighted by molar-refractivity contribution is 6.29. The molecule has 0 saturated carbocycles. The van der Waals surface area contributed by atoms with Gasteiger partial charge in [0.15, 0.2) is 0 Å². The second-order valence-electron chi connectivity index (χ2n) is 4.74. The average molecular weight is 271 g/mol. The molecule has 0 atom stereocenters. The van der Waals surface area contributed by atoms with E-state index in [1.807, 2.05) is 0 Å². The molecule has 0 bridgehead atoms. The Labute approximate surface area is 115 Å². The molecule has 0 radical (unpaired) electrons. The molecule has 0 spiro atoms. The van der Waals surface area contributed by atoms with Crippen LogP contribution in [0.25, 0.3) is 0 Å². The number of halogens is 1. The minimum absolute atomic E-state index is 0.508. The molecule has 0 fully saturated rings. The van der Waals surface area contributed by atoms with E-state index in [9.17, 15) is 0 Å². The molecule has 1 rings (SSSR count). The maximum Gasteiger partial charge on any atom is 0.134 e. The van der Waals surface area contributed by atoms with Gasteiger partial charge >= 0.3 is 0 Å². The summed E-state index contributed by atoms with van der Waals surface area (Å²) < 4.78 is 0. The van der Waals surface area contributed by atoms with Crippen LogP contribution in [0.1, 0.15) is 33.0 Å². The van der Waals surface area contributed by atoms with Gasteiger partial charge in [-0.3, -0.25) is 0 Å². The fraction of sp³-hybridized carbons (Fsp3) is 0.692. The van der Waals surface area contributed by atoms with Gasteiger partial charge in [-0.25, -0.2) is 9.97 Å². The van der Waals surface area contributed by atoms with Gasteiger partial charge in [-0.05, 0) is 27.3 Å². The minimum Gasteiger partial charge on any atom is -0.369 e. The molecule has 1 N–H and O–H groups in total. The number of hydrogen-bond donors (Lipinski definition) is 1. The number of anilines is 1. The molecule has 1 heterocycles. The van der Waals surface area contributed by atoms with Crippen LogP contribution in [-0.4, -0.2) is 41.0 Å². The highest BCUT2D eigenvalue weighted by Crippen LogP contribution is 2.12. The van der Waals surface area contributed by atoms with Gasteiger partial charge in [-0.1, -0.05) is 18.5 Å². The zero-order valence-corrected chi connectivity index (χ0v) is 12.5. The van der Waals surface area contributed by atoms with Crippen molar-refractivity contribution in [3.8, 4) is 0 Å². The van der Waals surface area contributed by atoms with Crippen LogP contribution < -0.4 is 5.32 Å². The predicted octanol–water partition coefficient (Wildman–Crippen LogP) is 2.83. The smallest absolute Gasteiger partial charge is 0.134 e. The van der Waals surface area contributed by atoms with E-state index >= 15 is 0 Å². The van der Waals surface area contributed by atoms with Crippen molar-refractivity contribution in [2.24, 2.45) is 0 Å². The Morgan fingerprint density at radius 3 is 2.72 bits per heavy atom. The van der Waals surface area contributed by atoms with Crippen LogP contribution in [0.4, 0.5) is 5.82 Å². The van der Waals surface area contributed by atoms with E-state index in [0.29, 0.717) is 11.2 Å². The largest absolute Gasteiger partial charge is 0.369 e. The molecule has 0 aromatic carbocycles. The van der Waals surface area contributed by atoms with Crippen molar-refractivity contribution in [1.29, 1.82) is 0 Å². The molecule has 1 aromatic heterocycles. The normalized spacial score (nSPS) is 11.3. The van der Waals surface area contributed by atoms with E-state index in [4.69, 9.17) is 11.6 Å². The monoisotopic (exact) mass is 270 g/mol. The summed E-state index contributed by atoms with van der Waals surface area (Å²) in [5, 5.41) is 3.80. The van der Waals surface area contributed by atoms with E-state index < -0.39 is 0 Å². The van der Waals surface area contributed by atoms with Crippen molar-refractivity contribution in [2.45, 2.75) is 39.7 Å². The molecule has 4 nitrogen and oxygen atoms in total. The standard InChI is InChI=1S/C13H23ClN4/c1-5-6-12-16-11(14)9-13(17-12)15-7-8-18(4)10(2)3/h9-10H,5-8H2,1-4H3,(H,15,16,17). The minimum atomic E-state index is 0.508. The molecule has 0 aliphatic heterocycles. The summed E-state index contributed by atoms with van der Waals surface area (Å²) in [5.41, 5.74) is 0. The van der Waals surface area contributed by atoms with Crippen molar-refractivity contribution < 1.29 is 0 Å². The zero-order chi connectivity index (χ0) is 13.5. The van der Waals surface area contributed by atoms with E-state index in [1.54, 1.807) is 6.07 Å². The summed E-state index contributed by atoms with van der Waals surface area (Å²) in [6.07, 6.45) is 1.89. The van der Waals surface area contributed by atoms with Crippen molar-refractivity contribution in [3.63, 3.8) is 0 Å². The lowest BCUT2D eigenvalue weighted by Crippen LogP contribution is -2.31. The number of aromatic nitrogens is 2. The van der Waals surface area contributed by atoms with Crippen molar-refractivity contribution in [3.05, 3.63) is 17.0 Å². The summed E-state index contributed by atoms with van der Waals surface area (Å²) in [7, 11) is 2.11. The molecule has 18 heavy (non-hydrogen) atoms. The van der Waals surface area contributed by atoms with Crippen LogP contribution in [0.5, 0.6) is 0 Å². The Bertz CT molecular complexity index is 368. The second kappa shape index (κ2) is 7.54. The van der Waals surface area contributed by atoms with Crippen LogP contribution in [0.2, 0.25) is 5.15 Å². The summed E-state index contributed by atoms with van der Waals surface area (Å²) >= 11 is 5.98. The van der Waals surface area contributed by atoms with Crippen LogP contribution in [0.3, 0.4) is 0 Å². The lowest BCUT2D eigenvalue weighted by atomic mass is 10.3. The molecule has 0 aliphatic rings. The zero-order valence-electron chi connectivity index (χ0n) is 11.7. The van der Waals surface area contributed by atoms with E-state index in [2.05, 4.69) is 48.0 Å². The maximum atomic E-state index is 5.98. The van der Waals surface area contributed by atoms with E-state index in [1.165, 1.54) is 0 Å². The Hall–Kier alpha value is -0.870. The van der Waals surface area contributed by atoms with Gasteiger partial charge in [0.25, 0.3) is 0 Å². The fourth-order valence-corrected chi connectivity index (χ4v) is 1.71. The highest BCUT2D eigenvalue weighted by atomic mass is 35.5. The molecule has 5 heteroatoms. The summed E-state index contributed by atoms with van der Waals surface area (Å²) in [5.74, 6) is 1.63. The van der Waals surface area contributed by atoms with Crippen LogP contribution in [0, 0.1) is 0 Å². The Morgan fingerprint density at radius 2 is 2.11 bits per heavy atom. The predicted molar refractivity (Wildman–Crippen MR) is 77.3 cm³/mol. The summed E-state index contributed by atoms with van der Waals surface area (Å²) in [4.78, 5) is 10.9. The third-order valence-corrected chi connectivity index (χ3v) is 3.06. The van der Waals surface area contributed by atoms with Gasteiger partial charge in [0.2, 0.25) is 0 Å². The van der Waals surface area contributed by atoms with Crippen LogP contribution in [0.15, 0.2) is 6.07 Å². The number of hydrogen-bond acceptors (Lipinski definition) is 4.